The van der Waals surface area contributed by atoms with Crippen molar-refractivity contribution < 1.29 is 4.79 Å². The minimum Gasteiger partial charge on any atom is -0.299 e. The van der Waals surface area contributed by atoms with Crippen LogP contribution in [0, 0.1) is 22.7 Å². The Labute approximate surface area is 237 Å². The van der Waals surface area contributed by atoms with E-state index >= 15 is 0 Å². The third kappa shape index (κ3) is 4.95. The lowest BCUT2D eigenvalue weighted by Gasteiger charge is -2.43. The first kappa shape index (κ1) is 27.3. The summed E-state index contributed by atoms with van der Waals surface area (Å²) in [6, 6.07) is 9.34. The zero-order valence-electron chi connectivity index (χ0n) is 25.2. The molecular formula is C36H52N2O. The molecule has 0 amide bonds. The van der Waals surface area contributed by atoms with Crippen LogP contribution >= 0.6 is 0 Å². The van der Waals surface area contributed by atoms with E-state index in [0.29, 0.717) is 35.0 Å². The van der Waals surface area contributed by atoms with E-state index in [1.165, 1.54) is 98.7 Å². The number of hydrogen-bond donors (Lipinski definition) is 0. The van der Waals surface area contributed by atoms with E-state index in [4.69, 9.17) is 5.10 Å². The number of benzene rings is 1. The molecular weight excluding hydrogens is 476 g/mol. The van der Waals surface area contributed by atoms with Gasteiger partial charge in [-0.1, -0.05) is 71.2 Å². The SMILES string of the molecule is CCc1ccccc1C(Cc1nn(C2CCCCC2)c2c1CCCC2)C(=O)CCC1C2(C)CCC(C2)C1(C)C. The fourth-order valence-corrected chi connectivity index (χ4v) is 9.87. The van der Waals surface area contributed by atoms with Crippen molar-refractivity contribution >= 4 is 5.78 Å². The van der Waals surface area contributed by atoms with Gasteiger partial charge in [0, 0.05) is 24.5 Å². The molecule has 0 N–H and O–H groups in total. The summed E-state index contributed by atoms with van der Waals surface area (Å²) in [5.41, 5.74) is 7.65. The highest BCUT2D eigenvalue weighted by molar-refractivity contribution is 5.86. The Morgan fingerprint density at radius 1 is 1.03 bits per heavy atom. The fraction of sp³-hybridized carbons (Fsp3) is 0.722. The average Bonchev–Trinajstić information content (AvgIpc) is 3.58. The van der Waals surface area contributed by atoms with Crippen LogP contribution in [0.1, 0.15) is 145 Å². The van der Waals surface area contributed by atoms with Crippen LogP contribution < -0.4 is 0 Å². The highest BCUT2D eigenvalue weighted by Gasteiger charge is 2.58. The maximum atomic E-state index is 14.3. The largest absolute Gasteiger partial charge is 0.299 e. The molecule has 6 rings (SSSR count). The minimum atomic E-state index is -0.0728. The van der Waals surface area contributed by atoms with Crippen LogP contribution in [-0.2, 0) is 30.5 Å². The van der Waals surface area contributed by atoms with Crippen molar-refractivity contribution in [1.29, 1.82) is 0 Å². The first-order chi connectivity index (χ1) is 18.8. The van der Waals surface area contributed by atoms with Gasteiger partial charge in [0.25, 0.3) is 0 Å². The maximum Gasteiger partial charge on any atom is 0.140 e. The molecule has 1 aromatic carbocycles. The molecule has 2 aromatic rings. The van der Waals surface area contributed by atoms with Crippen molar-refractivity contribution in [3.8, 4) is 0 Å². The summed E-state index contributed by atoms with van der Waals surface area (Å²) >= 11 is 0. The summed E-state index contributed by atoms with van der Waals surface area (Å²) in [6.07, 6.45) is 19.1. The van der Waals surface area contributed by atoms with Crippen LogP contribution in [0.25, 0.3) is 0 Å². The first-order valence-corrected chi connectivity index (χ1v) is 16.5. The Morgan fingerprint density at radius 3 is 2.54 bits per heavy atom. The van der Waals surface area contributed by atoms with Gasteiger partial charge in [-0.15, -0.1) is 0 Å². The van der Waals surface area contributed by atoms with Gasteiger partial charge in [0.1, 0.15) is 5.78 Å². The first-order valence-electron chi connectivity index (χ1n) is 16.5. The summed E-state index contributed by atoms with van der Waals surface area (Å²) in [5.74, 6) is 1.88. The predicted octanol–water partition coefficient (Wildman–Crippen LogP) is 8.97. The molecule has 1 heterocycles. The zero-order valence-corrected chi connectivity index (χ0v) is 25.2. The number of nitrogens with zero attached hydrogens (tertiary/aromatic N) is 2. The van der Waals surface area contributed by atoms with E-state index in [2.05, 4.69) is 56.6 Å². The van der Waals surface area contributed by atoms with E-state index in [0.717, 1.165) is 31.6 Å². The number of aryl methyl sites for hydroxylation is 1. The Balaban J connectivity index is 1.29. The van der Waals surface area contributed by atoms with E-state index < -0.39 is 0 Å². The number of aromatic nitrogens is 2. The third-order valence-corrected chi connectivity index (χ3v) is 12.1. The number of carbonyl (C=O) groups is 1. The molecule has 4 unspecified atom stereocenters. The molecule has 0 saturated heterocycles. The molecule has 1 aromatic heterocycles. The summed E-state index contributed by atoms with van der Waals surface area (Å²) in [5, 5.41) is 5.39. The topological polar surface area (TPSA) is 34.9 Å². The molecule has 3 nitrogen and oxygen atoms in total. The van der Waals surface area contributed by atoms with Crippen molar-refractivity contribution in [2.24, 2.45) is 22.7 Å². The van der Waals surface area contributed by atoms with Gasteiger partial charge in [-0.05, 0) is 110 Å². The van der Waals surface area contributed by atoms with Gasteiger partial charge in [0.2, 0.25) is 0 Å². The Hall–Kier alpha value is -1.90. The second-order valence-electron chi connectivity index (χ2n) is 14.6. The fourth-order valence-electron chi connectivity index (χ4n) is 9.87. The van der Waals surface area contributed by atoms with Crippen molar-refractivity contribution in [2.45, 2.75) is 142 Å². The predicted molar refractivity (Wildman–Crippen MR) is 160 cm³/mol. The van der Waals surface area contributed by atoms with Crippen molar-refractivity contribution in [3.63, 3.8) is 0 Å². The van der Waals surface area contributed by atoms with Crippen molar-refractivity contribution in [2.75, 3.05) is 0 Å². The van der Waals surface area contributed by atoms with Crippen LogP contribution in [0.5, 0.6) is 0 Å². The highest BCUT2D eigenvalue weighted by atomic mass is 16.1. The number of rotatable bonds is 9. The molecule has 39 heavy (non-hydrogen) atoms. The molecule has 4 aliphatic rings. The van der Waals surface area contributed by atoms with E-state index in [1.54, 1.807) is 0 Å². The molecule has 0 spiro atoms. The molecule has 3 heteroatoms. The van der Waals surface area contributed by atoms with Gasteiger partial charge in [-0.25, -0.2) is 0 Å². The lowest BCUT2D eigenvalue weighted by molar-refractivity contribution is -0.121. The van der Waals surface area contributed by atoms with Gasteiger partial charge in [0.15, 0.2) is 0 Å². The summed E-state index contributed by atoms with van der Waals surface area (Å²) in [7, 11) is 0. The number of Topliss-reactive ketones (excluding diaryl/α,β-unsaturated/α-hetero) is 1. The van der Waals surface area contributed by atoms with Crippen LogP contribution in [0.2, 0.25) is 0 Å². The van der Waals surface area contributed by atoms with E-state index in [1.807, 2.05) is 0 Å². The van der Waals surface area contributed by atoms with Crippen LogP contribution in [0.4, 0.5) is 0 Å². The van der Waals surface area contributed by atoms with Gasteiger partial charge in [-0.3, -0.25) is 9.48 Å². The summed E-state index contributed by atoms with van der Waals surface area (Å²) in [4.78, 5) is 14.3. The Morgan fingerprint density at radius 2 is 1.79 bits per heavy atom. The highest BCUT2D eigenvalue weighted by Crippen LogP contribution is 2.67. The van der Waals surface area contributed by atoms with Gasteiger partial charge in [-0.2, -0.15) is 5.10 Å². The maximum absolute atomic E-state index is 14.3. The molecule has 3 saturated carbocycles. The zero-order chi connectivity index (χ0) is 27.2. The third-order valence-electron chi connectivity index (χ3n) is 12.1. The number of ketones is 1. The van der Waals surface area contributed by atoms with Gasteiger partial charge in [0.05, 0.1) is 11.7 Å². The molecule has 0 radical (unpaired) electrons. The number of hydrogen-bond acceptors (Lipinski definition) is 2. The second kappa shape index (κ2) is 10.8. The van der Waals surface area contributed by atoms with Crippen molar-refractivity contribution in [3.05, 3.63) is 52.3 Å². The minimum absolute atomic E-state index is 0.0728. The molecule has 2 bridgehead atoms. The molecule has 4 atom stereocenters. The number of carbonyl (C=O) groups excluding carboxylic acids is 1. The lowest BCUT2D eigenvalue weighted by atomic mass is 9.62. The standard InChI is InChI=1S/C36H52N2O/c1-5-25-13-9-10-16-28(25)30(33(39)19-20-34-35(2,3)26-21-22-36(34,4)24-26)23-31-29-17-11-12-18-32(29)38(37-31)27-14-7-6-8-15-27/h9-10,13,16,26-27,30,34H,5-8,11-12,14-15,17-24H2,1-4H3. The van der Waals surface area contributed by atoms with Crippen LogP contribution in [0.3, 0.4) is 0 Å². The summed E-state index contributed by atoms with van der Waals surface area (Å²) < 4.78 is 2.45. The Kier molecular flexibility index (Phi) is 7.57. The normalized spacial score (nSPS) is 28.9. The smallest absolute Gasteiger partial charge is 0.140 e. The van der Waals surface area contributed by atoms with E-state index in [9.17, 15) is 4.79 Å². The Bertz CT molecular complexity index is 1180. The number of fused-ring (bicyclic) bond motifs is 3. The van der Waals surface area contributed by atoms with Crippen LogP contribution in [0.15, 0.2) is 24.3 Å². The summed E-state index contributed by atoms with van der Waals surface area (Å²) in [6.45, 7) is 9.74. The monoisotopic (exact) mass is 528 g/mol. The van der Waals surface area contributed by atoms with Crippen LogP contribution in [-0.4, -0.2) is 15.6 Å². The lowest BCUT2D eigenvalue weighted by Crippen LogP contribution is -2.35. The quantitative estimate of drug-likeness (QED) is 0.325. The molecule has 3 fully saturated rings. The molecule has 0 aliphatic heterocycles. The second-order valence-corrected chi connectivity index (χ2v) is 14.6. The van der Waals surface area contributed by atoms with Gasteiger partial charge >= 0.3 is 0 Å². The average molecular weight is 529 g/mol. The van der Waals surface area contributed by atoms with Gasteiger partial charge < -0.3 is 0 Å². The molecule has 212 valence electrons. The van der Waals surface area contributed by atoms with E-state index in [-0.39, 0.29) is 5.92 Å². The molecule has 4 aliphatic carbocycles. The van der Waals surface area contributed by atoms with Crippen molar-refractivity contribution in [1.82, 2.24) is 9.78 Å².